The van der Waals surface area contributed by atoms with Gasteiger partial charge in [0.25, 0.3) is 0 Å². The van der Waals surface area contributed by atoms with E-state index in [-0.39, 0.29) is 11.9 Å². The van der Waals surface area contributed by atoms with Crippen molar-refractivity contribution in [3.8, 4) is 0 Å². The van der Waals surface area contributed by atoms with E-state index in [0.717, 1.165) is 23.9 Å². The third-order valence-electron chi connectivity index (χ3n) is 4.10. The van der Waals surface area contributed by atoms with Crippen molar-refractivity contribution in [2.75, 3.05) is 13.1 Å². The Kier molecular flexibility index (Phi) is 4.00. The predicted molar refractivity (Wildman–Crippen MR) is 85.8 cm³/mol. The van der Waals surface area contributed by atoms with E-state index < -0.39 is 5.60 Å². The standard InChI is InChI=1S/C17H22FN3O2/c1-17(2,3)23-16(22)21-8-6-11(7-9-21)15-13-5-4-12(18)10-14(13)19-20-15/h4-5,10-11H,6-9H2,1-3H3,(H,19,20). The van der Waals surface area contributed by atoms with Crippen LogP contribution in [0.25, 0.3) is 10.9 Å². The number of benzene rings is 1. The first-order valence-electron chi connectivity index (χ1n) is 7.95. The molecule has 0 unspecified atom stereocenters. The summed E-state index contributed by atoms with van der Waals surface area (Å²) in [6.45, 7) is 6.91. The van der Waals surface area contributed by atoms with E-state index in [1.165, 1.54) is 12.1 Å². The lowest BCUT2D eigenvalue weighted by atomic mass is 9.92. The summed E-state index contributed by atoms with van der Waals surface area (Å²) >= 11 is 0. The maximum atomic E-state index is 13.3. The van der Waals surface area contributed by atoms with Crippen LogP contribution in [0.5, 0.6) is 0 Å². The number of hydrogen-bond acceptors (Lipinski definition) is 3. The summed E-state index contributed by atoms with van der Waals surface area (Å²) in [4.78, 5) is 13.8. The molecule has 0 radical (unpaired) electrons. The van der Waals surface area contributed by atoms with Gasteiger partial charge in [0, 0.05) is 36.2 Å². The second kappa shape index (κ2) is 5.83. The molecule has 0 bridgehead atoms. The first kappa shape index (κ1) is 15.8. The molecule has 1 saturated heterocycles. The maximum absolute atomic E-state index is 13.3. The van der Waals surface area contributed by atoms with E-state index >= 15 is 0 Å². The van der Waals surface area contributed by atoms with Crippen LogP contribution in [0.3, 0.4) is 0 Å². The number of amides is 1. The van der Waals surface area contributed by atoms with Gasteiger partial charge in [0.05, 0.1) is 5.52 Å². The van der Waals surface area contributed by atoms with Crippen molar-refractivity contribution in [1.82, 2.24) is 15.1 Å². The van der Waals surface area contributed by atoms with Crippen LogP contribution in [0.2, 0.25) is 0 Å². The zero-order valence-electron chi connectivity index (χ0n) is 13.7. The van der Waals surface area contributed by atoms with Gasteiger partial charge in [-0.1, -0.05) is 0 Å². The molecule has 0 atom stereocenters. The summed E-state index contributed by atoms with van der Waals surface area (Å²) in [6, 6.07) is 4.66. The molecule has 23 heavy (non-hydrogen) atoms. The van der Waals surface area contributed by atoms with Crippen LogP contribution in [-0.4, -0.2) is 39.9 Å². The van der Waals surface area contributed by atoms with E-state index in [1.807, 2.05) is 20.8 Å². The number of carbonyl (C=O) groups is 1. The molecule has 1 fully saturated rings. The number of halogens is 1. The zero-order chi connectivity index (χ0) is 16.6. The average molecular weight is 319 g/mol. The number of likely N-dealkylation sites (tertiary alicyclic amines) is 1. The Bertz CT molecular complexity index is 712. The van der Waals surface area contributed by atoms with Crippen molar-refractivity contribution in [2.24, 2.45) is 0 Å². The van der Waals surface area contributed by atoms with Gasteiger partial charge in [-0.3, -0.25) is 5.10 Å². The summed E-state index contributed by atoms with van der Waals surface area (Å²) in [5.74, 6) is 0.0134. The van der Waals surface area contributed by atoms with Gasteiger partial charge in [0.15, 0.2) is 0 Å². The van der Waals surface area contributed by atoms with Gasteiger partial charge in [0.2, 0.25) is 0 Å². The van der Waals surface area contributed by atoms with Crippen LogP contribution in [-0.2, 0) is 4.74 Å². The number of ether oxygens (including phenoxy) is 1. The van der Waals surface area contributed by atoms with Crippen molar-refractivity contribution in [3.63, 3.8) is 0 Å². The number of fused-ring (bicyclic) bond motifs is 1. The quantitative estimate of drug-likeness (QED) is 0.869. The third-order valence-corrected chi connectivity index (χ3v) is 4.10. The van der Waals surface area contributed by atoms with Gasteiger partial charge in [-0.2, -0.15) is 5.10 Å². The molecule has 0 spiro atoms. The van der Waals surface area contributed by atoms with Crippen LogP contribution in [0.1, 0.15) is 45.2 Å². The van der Waals surface area contributed by atoms with E-state index in [9.17, 15) is 9.18 Å². The molecular formula is C17H22FN3O2. The topological polar surface area (TPSA) is 58.2 Å². The van der Waals surface area contributed by atoms with E-state index in [4.69, 9.17) is 4.74 Å². The summed E-state index contributed by atoms with van der Waals surface area (Å²) < 4.78 is 18.7. The molecular weight excluding hydrogens is 297 g/mol. The monoisotopic (exact) mass is 319 g/mol. The van der Waals surface area contributed by atoms with Gasteiger partial charge in [0.1, 0.15) is 11.4 Å². The zero-order valence-corrected chi connectivity index (χ0v) is 13.7. The fraction of sp³-hybridized carbons (Fsp3) is 0.529. The lowest BCUT2D eigenvalue weighted by Gasteiger charge is -2.33. The van der Waals surface area contributed by atoms with Gasteiger partial charge in [-0.25, -0.2) is 9.18 Å². The smallest absolute Gasteiger partial charge is 0.410 e. The highest BCUT2D eigenvalue weighted by Crippen LogP contribution is 2.32. The van der Waals surface area contributed by atoms with E-state index in [2.05, 4.69) is 10.2 Å². The largest absolute Gasteiger partial charge is 0.444 e. The van der Waals surface area contributed by atoms with Crippen molar-refractivity contribution in [3.05, 3.63) is 29.7 Å². The van der Waals surface area contributed by atoms with E-state index in [1.54, 1.807) is 11.0 Å². The molecule has 6 heteroatoms. The Hall–Kier alpha value is -2.11. The Morgan fingerprint density at radius 3 is 2.70 bits per heavy atom. The van der Waals surface area contributed by atoms with Crippen molar-refractivity contribution in [1.29, 1.82) is 0 Å². The number of piperidine rings is 1. The Labute approximate surface area is 134 Å². The Morgan fingerprint density at radius 1 is 1.35 bits per heavy atom. The molecule has 0 aliphatic carbocycles. The van der Waals surface area contributed by atoms with Crippen LogP contribution >= 0.6 is 0 Å². The summed E-state index contributed by atoms with van der Waals surface area (Å²) in [7, 11) is 0. The highest BCUT2D eigenvalue weighted by molar-refractivity contribution is 5.81. The molecule has 1 N–H and O–H groups in total. The number of nitrogens with one attached hydrogen (secondary N) is 1. The third kappa shape index (κ3) is 3.46. The summed E-state index contributed by atoms with van der Waals surface area (Å²) in [6.07, 6.45) is 1.43. The lowest BCUT2D eigenvalue weighted by Crippen LogP contribution is -2.41. The predicted octanol–water partition coefficient (Wildman–Crippen LogP) is 3.82. The maximum Gasteiger partial charge on any atom is 0.410 e. The second-order valence-electron chi connectivity index (χ2n) is 7.04. The molecule has 1 aromatic heterocycles. The molecule has 2 aromatic rings. The Morgan fingerprint density at radius 2 is 2.04 bits per heavy atom. The Balaban J connectivity index is 1.67. The number of H-pyrrole nitrogens is 1. The van der Waals surface area contributed by atoms with Crippen LogP contribution in [0.4, 0.5) is 9.18 Å². The van der Waals surface area contributed by atoms with Crippen LogP contribution < -0.4 is 0 Å². The molecule has 124 valence electrons. The highest BCUT2D eigenvalue weighted by atomic mass is 19.1. The normalized spacial score (nSPS) is 16.8. The first-order valence-corrected chi connectivity index (χ1v) is 7.95. The number of aromatic amines is 1. The van der Waals surface area contributed by atoms with Gasteiger partial charge in [-0.15, -0.1) is 0 Å². The van der Waals surface area contributed by atoms with Crippen LogP contribution in [0, 0.1) is 5.82 Å². The minimum Gasteiger partial charge on any atom is -0.444 e. The number of nitrogens with zero attached hydrogens (tertiary/aromatic N) is 2. The van der Waals surface area contributed by atoms with Crippen molar-refractivity contribution >= 4 is 17.0 Å². The van der Waals surface area contributed by atoms with E-state index in [0.29, 0.717) is 24.5 Å². The van der Waals surface area contributed by atoms with Crippen molar-refractivity contribution < 1.29 is 13.9 Å². The molecule has 1 aromatic carbocycles. The molecule has 0 saturated carbocycles. The fourth-order valence-corrected chi connectivity index (χ4v) is 2.99. The molecule has 1 aliphatic heterocycles. The van der Waals surface area contributed by atoms with Crippen molar-refractivity contribution in [2.45, 2.75) is 45.1 Å². The fourth-order valence-electron chi connectivity index (χ4n) is 2.99. The summed E-state index contributed by atoms with van der Waals surface area (Å²) in [5, 5.41) is 8.19. The minimum absolute atomic E-state index is 0.257. The highest BCUT2D eigenvalue weighted by Gasteiger charge is 2.28. The number of hydrogen-bond donors (Lipinski definition) is 1. The minimum atomic E-state index is -0.475. The first-order chi connectivity index (χ1) is 10.8. The second-order valence-corrected chi connectivity index (χ2v) is 7.04. The van der Waals surface area contributed by atoms with Gasteiger partial charge >= 0.3 is 6.09 Å². The molecule has 3 rings (SSSR count). The van der Waals surface area contributed by atoms with Gasteiger partial charge < -0.3 is 9.64 Å². The molecule has 1 aliphatic rings. The molecule has 5 nitrogen and oxygen atoms in total. The average Bonchev–Trinajstić information content (AvgIpc) is 2.88. The lowest BCUT2D eigenvalue weighted by molar-refractivity contribution is 0.0204. The number of aromatic nitrogens is 2. The number of carbonyl (C=O) groups excluding carboxylic acids is 1. The molecule has 1 amide bonds. The number of rotatable bonds is 1. The van der Waals surface area contributed by atoms with Gasteiger partial charge in [-0.05, 0) is 45.7 Å². The van der Waals surface area contributed by atoms with Crippen LogP contribution in [0.15, 0.2) is 18.2 Å². The molecule has 2 heterocycles. The SMILES string of the molecule is CC(C)(C)OC(=O)N1CCC(c2[nH]nc3cc(F)ccc23)CC1. The summed E-state index contributed by atoms with van der Waals surface area (Å²) in [5.41, 5.74) is 1.20.